The average molecular weight is 332 g/mol. The normalized spacial score (nSPS) is 16.5. The van der Waals surface area contributed by atoms with E-state index in [1.54, 1.807) is 0 Å². The molecule has 2 aliphatic rings. The van der Waals surface area contributed by atoms with Gasteiger partial charge in [0.15, 0.2) is 5.78 Å². The number of Topliss-reactive ketones (excluding diaryl/α,β-unsaturated/α-hetero) is 1. The predicted molar refractivity (Wildman–Crippen MR) is 103 cm³/mol. The fraction of sp³-hybridized carbons (Fsp3) is 0.261. The van der Waals surface area contributed by atoms with Crippen molar-refractivity contribution in [3.05, 3.63) is 89.1 Å². The van der Waals surface area contributed by atoms with E-state index in [4.69, 9.17) is 4.74 Å². The van der Waals surface area contributed by atoms with Gasteiger partial charge in [0.05, 0.1) is 6.61 Å². The predicted octanol–water partition coefficient (Wildman–Crippen LogP) is 5.53. The van der Waals surface area contributed by atoms with Gasteiger partial charge in [-0.1, -0.05) is 60.7 Å². The zero-order chi connectivity index (χ0) is 17.6. The number of benzene rings is 1. The lowest BCUT2D eigenvalue weighted by Gasteiger charge is -2.17. The summed E-state index contributed by atoms with van der Waals surface area (Å²) in [7, 11) is 0. The number of hydrogen-bond donors (Lipinski definition) is 0. The molecular weight excluding hydrogens is 308 g/mol. The van der Waals surface area contributed by atoms with Crippen molar-refractivity contribution < 1.29 is 9.53 Å². The van der Waals surface area contributed by atoms with Crippen molar-refractivity contribution in [3.8, 4) is 5.75 Å². The summed E-state index contributed by atoms with van der Waals surface area (Å²) in [6.07, 6.45) is 16.1. The van der Waals surface area contributed by atoms with Gasteiger partial charge in [-0.2, -0.15) is 0 Å². The minimum absolute atomic E-state index is 0.0523. The standard InChI is InChI=1S/C23H24O2/c1-17(10-12-19-6-3-4-7-19)9-11-18(2)23(24)21-14-13-20-8-5-15-25-22(20)16-21/h3-4,6,10-14,16H,1,5,7-9,15H2,2H3/b12-10+,18-11+. The topological polar surface area (TPSA) is 26.3 Å². The first-order chi connectivity index (χ1) is 12.1. The van der Waals surface area contributed by atoms with E-state index in [1.807, 2.05) is 37.3 Å². The Balaban J connectivity index is 1.61. The highest BCUT2D eigenvalue weighted by Crippen LogP contribution is 2.27. The second-order valence-corrected chi connectivity index (χ2v) is 6.56. The Kier molecular flexibility index (Phi) is 5.49. The molecule has 25 heavy (non-hydrogen) atoms. The Morgan fingerprint density at radius 3 is 3.04 bits per heavy atom. The van der Waals surface area contributed by atoms with E-state index in [1.165, 1.54) is 11.1 Å². The largest absolute Gasteiger partial charge is 0.493 e. The van der Waals surface area contributed by atoms with Crippen LogP contribution in [0, 0.1) is 0 Å². The molecule has 2 heteroatoms. The van der Waals surface area contributed by atoms with Crippen molar-refractivity contribution in [3.63, 3.8) is 0 Å². The van der Waals surface area contributed by atoms with E-state index in [2.05, 4.69) is 30.9 Å². The number of allylic oxidation sites excluding steroid dienone is 9. The molecule has 0 unspecified atom stereocenters. The molecule has 3 rings (SSSR count). The highest BCUT2D eigenvalue weighted by atomic mass is 16.5. The summed E-state index contributed by atoms with van der Waals surface area (Å²) in [6, 6.07) is 5.80. The first-order valence-corrected chi connectivity index (χ1v) is 8.82. The van der Waals surface area contributed by atoms with Gasteiger partial charge in [0, 0.05) is 5.56 Å². The molecule has 1 aliphatic carbocycles. The van der Waals surface area contributed by atoms with Gasteiger partial charge in [0.2, 0.25) is 0 Å². The zero-order valence-corrected chi connectivity index (χ0v) is 14.8. The molecule has 0 N–H and O–H groups in total. The third-order valence-electron chi connectivity index (χ3n) is 4.54. The molecule has 0 bridgehead atoms. The highest BCUT2D eigenvalue weighted by molar-refractivity contribution is 6.08. The lowest BCUT2D eigenvalue weighted by atomic mass is 9.98. The Morgan fingerprint density at radius 2 is 2.24 bits per heavy atom. The van der Waals surface area contributed by atoms with Crippen LogP contribution in [0.5, 0.6) is 5.75 Å². The molecule has 0 fully saturated rings. The lowest BCUT2D eigenvalue weighted by Crippen LogP contribution is -2.10. The summed E-state index contributed by atoms with van der Waals surface area (Å²) in [5.41, 5.74) is 4.91. The molecule has 2 nitrogen and oxygen atoms in total. The monoisotopic (exact) mass is 332 g/mol. The zero-order valence-electron chi connectivity index (χ0n) is 14.8. The van der Waals surface area contributed by atoms with Crippen molar-refractivity contribution in [2.75, 3.05) is 6.61 Å². The van der Waals surface area contributed by atoms with E-state index >= 15 is 0 Å². The fourth-order valence-electron chi connectivity index (χ4n) is 2.97. The summed E-state index contributed by atoms with van der Waals surface area (Å²) in [5, 5.41) is 0. The Morgan fingerprint density at radius 1 is 1.36 bits per heavy atom. The average Bonchev–Trinajstić information content (AvgIpc) is 3.17. The molecule has 1 heterocycles. The van der Waals surface area contributed by atoms with Gasteiger partial charge in [-0.25, -0.2) is 0 Å². The molecule has 0 aromatic heterocycles. The fourth-order valence-corrected chi connectivity index (χ4v) is 2.97. The smallest absolute Gasteiger partial charge is 0.188 e. The van der Waals surface area contributed by atoms with E-state index < -0.39 is 0 Å². The molecule has 0 saturated carbocycles. The van der Waals surface area contributed by atoms with Gasteiger partial charge in [-0.15, -0.1) is 0 Å². The molecule has 0 saturated heterocycles. The minimum atomic E-state index is 0.0523. The molecule has 0 atom stereocenters. The number of hydrogen-bond acceptors (Lipinski definition) is 2. The maximum absolute atomic E-state index is 12.6. The molecule has 1 aliphatic heterocycles. The van der Waals surface area contributed by atoms with Crippen LogP contribution in [-0.4, -0.2) is 12.4 Å². The molecule has 128 valence electrons. The maximum Gasteiger partial charge on any atom is 0.188 e. The van der Waals surface area contributed by atoms with Crippen LogP contribution in [0.2, 0.25) is 0 Å². The number of fused-ring (bicyclic) bond motifs is 1. The quantitative estimate of drug-likeness (QED) is 0.389. The number of carbonyl (C=O) groups excluding carboxylic acids is 1. The Hall–Kier alpha value is -2.61. The lowest BCUT2D eigenvalue weighted by molar-refractivity contribution is 0.103. The van der Waals surface area contributed by atoms with E-state index in [-0.39, 0.29) is 5.78 Å². The number of ketones is 1. The van der Waals surface area contributed by atoms with E-state index in [0.717, 1.165) is 42.8 Å². The first-order valence-electron chi connectivity index (χ1n) is 8.82. The number of rotatable bonds is 6. The summed E-state index contributed by atoms with van der Waals surface area (Å²) in [6.45, 7) is 6.66. The minimum Gasteiger partial charge on any atom is -0.493 e. The molecule has 1 aromatic rings. The second-order valence-electron chi connectivity index (χ2n) is 6.56. The van der Waals surface area contributed by atoms with Crippen LogP contribution in [0.1, 0.15) is 42.1 Å². The molecular formula is C23H24O2. The van der Waals surface area contributed by atoms with Gasteiger partial charge in [-0.05, 0) is 55.4 Å². The molecule has 1 aromatic carbocycles. The second kappa shape index (κ2) is 7.98. The van der Waals surface area contributed by atoms with Crippen LogP contribution in [-0.2, 0) is 6.42 Å². The van der Waals surface area contributed by atoms with E-state index in [9.17, 15) is 4.79 Å². The highest BCUT2D eigenvalue weighted by Gasteiger charge is 2.14. The SMILES string of the molecule is C=C(/C=C/C1=CC=CC1)C/C=C(\C)C(=O)c1ccc2c(c1)OCCC2. The van der Waals surface area contributed by atoms with Crippen LogP contribution in [0.25, 0.3) is 0 Å². The third kappa shape index (κ3) is 4.48. The molecule has 0 radical (unpaired) electrons. The van der Waals surface area contributed by atoms with Gasteiger partial charge in [0.25, 0.3) is 0 Å². The van der Waals surface area contributed by atoms with Crippen molar-refractivity contribution in [1.29, 1.82) is 0 Å². The van der Waals surface area contributed by atoms with Crippen LogP contribution in [0.3, 0.4) is 0 Å². The van der Waals surface area contributed by atoms with Crippen LogP contribution >= 0.6 is 0 Å². The Labute approximate surface area is 149 Å². The maximum atomic E-state index is 12.6. The van der Waals surface area contributed by atoms with Crippen molar-refractivity contribution in [1.82, 2.24) is 0 Å². The summed E-state index contributed by atoms with van der Waals surface area (Å²) in [4.78, 5) is 12.6. The van der Waals surface area contributed by atoms with Crippen molar-refractivity contribution >= 4 is 5.78 Å². The number of ether oxygens (including phenoxy) is 1. The van der Waals surface area contributed by atoms with E-state index in [0.29, 0.717) is 12.0 Å². The summed E-state index contributed by atoms with van der Waals surface area (Å²) in [5.74, 6) is 0.909. The van der Waals surface area contributed by atoms with Crippen molar-refractivity contribution in [2.24, 2.45) is 0 Å². The number of aryl methyl sites for hydroxylation is 1. The van der Waals surface area contributed by atoms with Gasteiger partial charge < -0.3 is 4.74 Å². The summed E-state index contributed by atoms with van der Waals surface area (Å²) < 4.78 is 5.67. The summed E-state index contributed by atoms with van der Waals surface area (Å²) >= 11 is 0. The van der Waals surface area contributed by atoms with Gasteiger partial charge in [0.1, 0.15) is 5.75 Å². The van der Waals surface area contributed by atoms with Crippen molar-refractivity contribution in [2.45, 2.75) is 32.6 Å². The van der Waals surface area contributed by atoms with Crippen LogP contribution in [0.15, 0.2) is 78.0 Å². The molecule has 0 amide bonds. The Bertz CT molecular complexity index is 803. The third-order valence-corrected chi connectivity index (χ3v) is 4.54. The first kappa shape index (κ1) is 17.2. The molecule has 0 spiro atoms. The van der Waals surface area contributed by atoms with Gasteiger partial charge in [-0.3, -0.25) is 4.79 Å². The van der Waals surface area contributed by atoms with Crippen LogP contribution in [0.4, 0.5) is 0 Å². The van der Waals surface area contributed by atoms with Crippen LogP contribution < -0.4 is 4.74 Å². The van der Waals surface area contributed by atoms with Gasteiger partial charge >= 0.3 is 0 Å². The number of carbonyl (C=O) groups is 1.